The van der Waals surface area contributed by atoms with Crippen molar-refractivity contribution < 1.29 is 0 Å². The van der Waals surface area contributed by atoms with Gasteiger partial charge in [0.05, 0.1) is 12.2 Å². The fourth-order valence-electron chi connectivity index (χ4n) is 2.27. The molecule has 0 radical (unpaired) electrons. The van der Waals surface area contributed by atoms with Gasteiger partial charge in [-0.2, -0.15) is 0 Å². The Labute approximate surface area is 176 Å². The Kier molecular flexibility index (Phi) is 10.6. The predicted molar refractivity (Wildman–Crippen MR) is 122 cm³/mol. The zero-order valence-electron chi connectivity index (χ0n) is 15.4. The van der Waals surface area contributed by atoms with Crippen LogP contribution in [0.5, 0.6) is 0 Å². The normalized spacial score (nSPS) is 12.8. The van der Waals surface area contributed by atoms with E-state index in [1.165, 1.54) is 4.88 Å². The van der Waals surface area contributed by atoms with Gasteiger partial charge < -0.3 is 10.6 Å². The maximum absolute atomic E-state index is 4.67. The van der Waals surface area contributed by atoms with E-state index in [4.69, 9.17) is 0 Å². The molecule has 7 heteroatoms. The minimum atomic E-state index is 0. The van der Waals surface area contributed by atoms with Crippen LogP contribution in [0.15, 0.2) is 27.9 Å². The van der Waals surface area contributed by atoms with Crippen molar-refractivity contribution in [3.63, 3.8) is 0 Å². The number of thiazole rings is 1. The van der Waals surface area contributed by atoms with Crippen LogP contribution < -0.4 is 10.6 Å². The summed E-state index contributed by atoms with van der Waals surface area (Å²) in [6, 6.07) is 4.32. The van der Waals surface area contributed by atoms with Gasteiger partial charge in [-0.05, 0) is 36.6 Å². The largest absolute Gasteiger partial charge is 0.357 e. The van der Waals surface area contributed by atoms with Crippen LogP contribution in [-0.4, -0.2) is 24.0 Å². The molecule has 0 saturated carbocycles. The number of aliphatic imine (C=N–C) groups is 1. The Morgan fingerprint density at radius 2 is 2.04 bits per heavy atom. The first-order valence-corrected chi connectivity index (χ1v) is 10.3. The van der Waals surface area contributed by atoms with E-state index in [1.54, 1.807) is 11.3 Å². The van der Waals surface area contributed by atoms with Gasteiger partial charge in [-0.3, -0.25) is 0 Å². The van der Waals surface area contributed by atoms with Crippen LogP contribution in [0.25, 0.3) is 0 Å². The standard InChI is InChI=1S/C18H28N4S2.HI/c1-5-19-18(20-10-14(4)9-15-7-6-8-23-15)21-11-17-22-16(12-24-17)13(2)3;/h6-8,12-14H,5,9-11H2,1-4H3,(H2,19,20,21);1H. The van der Waals surface area contributed by atoms with E-state index in [2.05, 4.69) is 71.2 Å². The number of nitrogens with zero attached hydrogens (tertiary/aromatic N) is 2. The molecule has 2 N–H and O–H groups in total. The first kappa shape index (κ1) is 22.4. The number of hydrogen-bond donors (Lipinski definition) is 2. The van der Waals surface area contributed by atoms with Crippen LogP contribution >= 0.6 is 46.7 Å². The van der Waals surface area contributed by atoms with Crippen molar-refractivity contribution in [2.45, 2.75) is 46.6 Å². The van der Waals surface area contributed by atoms with Crippen LogP contribution in [-0.2, 0) is 13.0 Å². The van der Waals surface area contributed by atoms with Crippen LogP contribution in [0.3, 0.4) is 0 Å². The number of halogens is 1. The van der Waals surface area contributed by atoms with Gasteiger partial charge in [-0.25, -0.2) is 9.98 Å². The summed E-state index contributed by atoms with van der Waals surface area (Å²) in [5.41, 5.74) is 1.16. The summed E-state index contributed by atoms with van der Waals surface area (Å²) in [5.74, 6) is 1.92. The summed E-state index contributed by atoms with van der Waals surface area (Å²) in [6.07, 6.45) is 1.11. The lowest BCUT2D eigenvalue weighted by Crippen LogP contribution is -2.39. The van der Waals surface area contributed by atoms with E-state index in [0.29, 0.717) is 18.4 Å². The van der Waals surface area contributed by atoms with Crippen LogP contribution in [0.4, 0.5) is 0 Å². The second-order valence-electron chi connectivity index (χ2n) is 6.29. The molecule has 2 aromatic rings. The minimum absolute atomic E-state index is 0. The van der Waals surface area contributed by atoms with Crippen molar-refractivity contribution in [1.82, 2.24) is 15.6 Å². The fraction of sp³-hybridized carbons (Fsp3) is 0.556. The number of aromatic nitrogens is 1. The first-order chi connectivity index (χ1) is 11.6. The number of nitrogens with one attached hydrogen (secondary N) is 2. The Hall–Kier alpha value is -0.670. The molecular weight excluding hydrogens is 463 g/mol. The lowest BCUT2D eigenvalue weighted by Gasteiger charge is -2.15. The molecule has 4 nitrogen and oxygen atoms in total. The molecule has 2 heterocycles. The van der Waals surface area contributed by atoms with Crippen molar-refractivity contribution in [2.75, 3.05) is 13.1 Å². The number of rotatable bonds is 8. The monoisotopic (exact) mass is 492 g/mol. The molecule has 0 fully saturated rings. The molecule has 140 valence electrons. The molecule has 0 aromatic carbocycles. The average Bonchev–Trinajstić information content (AvgIpc) is 3.21. The van der Waals surface area contributed by atoms with E-state index in [1.807, 2.05) is 11.3 Å². The lowest BCUT2D eigenvalue weighted by molar-refractivity contribution is 0.562. The first-order valence-electron chi connectivity index (χ1n) is 8.57. The summed E-state index contributed by atoms with van der Waals surface area (Å²) < 4.78 is 0. The van der Waals surface area contributed by atoms with Crippen LogP contribution in [0.1, 0.15) is 49.2 Å². The molecule has 2 rings (SSSR count). The molecule has 2 aromatic heterocycles. The SMILES string of the molecule is CCNC(=NCc1nc(C(C)C)cs1)NCC(C)Cc1cccs1.I. The van der Waals surface area contributed by atoms with E-state index >= 15 is 0 Å². The zero-order valence-corrected chi connectivity index (χ0v) is 19.4. The molecule has 0 amide bonds. The van der Waals surface area contributed by atoms with Gasteiger partial charge in [0.1, 0.15) is 5.01 Å². The highest BCUT2D eigenvalue weighted by Crippen LogP contribution is 2.18. The lowest BCUT2D eigenvalue weighted by atomic mass is 10.1. The Morgan fingerprint density at radius 1 is 1.24 bits per heavy atom. The van der Waals surface area contributed by atoms with Crippen molar-refractivity contribution >= 4 is 52.6 Å². The summed E-state index contributed by atoms with van der Waals surface area (Å²) in [6.45, 7) is 11.1. The second kappa shape index (κ2) is 11.9. The molecular formula is C18H29IN4S2. The summed E-state index contributed by atoms with van der Waals surface area (Å²) in [4.78, 5) is 10.8. The highest BCUT2D eigenvalue weighted by Gasteiger charge is 2.08. The minimum Gasteiger partial charge on any atom is -0.357 e. The summed E-state index contributed by atoms with van der Waals surface area (Å²) >= 11 is 3.52. The van der Waals surface area contributed by atoms with Crippen LogP contribution in [0.2, 0.25) is 0 Å². The molecule has 0 spiro atoms. The van der Waals surface area contributed by atoms with Gasteiger partial charge in [0.25, 0.3) is 0 Å². The summed E-state index contributed by atoms with van der Waals surface area (Å²) in [5, 5.41) is 12.1. The van der Waals surface area contributed by atoms with E-state index in [-0.39, 0.29) is 24.0 Å². The summed E-state index contributed by atoms with van der Waals surface area (Å²) in [7, 11) is 0. The zero-order chi connectivity index (χ0) is 17.4. The maximum Gasteiger partial charge on any atom is 0.191 e. The Bertz CT molecular complexity index is 623. The number of thiophene rings is 1. The topological polar surface area (TPSA) is 49.3 Å². The molecule has 1 unspecified atom stereocenters. The fourth-order valence-corrected chi connectivity index (χ4v) is 4.02. The third-order valence-electron chi connectivity index (χ3n) is 3.63. The van der Waals surface area contributed by atoms with Gasteiger partial charge in [0.2, 0.25) is 0 Å². The molecule has 1 atom stereocenters. The van der Waals surface area contributed by atoms with E-state index < -0.39 is 0 Å². The Balaban J connectivity index is 0.00000312. The van der Waals surface area contributed by atoms with Crippen molar-refractivity contribution in [1.29, 1.82) is 0 Å². The molecule has 0 saturated heterocycles. The average molecular weight is 492 g/mol. The van der Waals surface area contributed by atoms with Gasteiger partial charge in [-0.1, -0.05) is 26.8 Å². The van der Waals surface area contributed by atoms with Crippen molar-refractivity contribution in [2.24, 2.45) is 10.9 Å². The Morgan fingerprint density at radius 3 is 2.64 bits per heavy atom. The number of guanidine groups is 1. The smallest absolute Gasteiger partial charge is 0.191 e. The van der Waals surface area contributed by atoms with E-state index in [9.17, 15) is 0 Å². The van der Waals surface area contributed by atoms with Gasteiger partial charge >= 0.3 is 0 Å². The second-order valence-corrected chi connectivity index (χ2v) is 8.26. The highest BCUT2D eigenvalue weighted by molar-refractivity contribution is 14.0. The molecule has 0 bridgehead atoms. The maximum atomic E-state index is 4.67. The number of hydrogen-bond acceptors (Lipinski definition) is 4. The van der Waals surface area contributed by atoms with Crippen LogP contribution in [0, 0.1) is 5.92 Å². The third-order valence-corrected chi connectivity index (χ3v) is 5.38. The van der Waals surface area contributed by atoms with Crippen molar-refractivity contribution in [3.05, 3.63) is 38.5 Å². The molecule has 0 aliphatic rings. The van der Waals surface area contributed by atoms with E-state index in [0.717, 1.165) is 36.2 Å². The van der Waals surface area contributed by atoms with Gasteiger partial charge in [-0.15, -0.1) is 46.7 Å². The quantitative estimate of drug-likeness (QED) is 0.314. The molecule has 0 aliphatic heterocycles. The van der Waals surface area contributed by atoms with Gasteiger partial charge in [0.15, 0.2) is 5.96 Å². The molecule has 25 heavy (non-hydrogen) atoms. The predicted octanol–water partition coefficient (Wildman–Crippen LogP) is 4.88. The van der Waals surface area contributed by atoms with Gasteiger partial charge in [0, 0.05) is 23.3 Å². The molecule has 0 aliphatic carbocycles. The highest BCUT2D eigenvalue weighted by atomic mass is 127. The third kappa shape index (κ3) is 8.04. The van der Waals surface area contributed by atoms with Crippen molar-refractivity contribution in [3.8, 4) is 0 Å².